The van der Waals surface area contributed by atoms with E-state index in [0.717, 1.165) is 0 Å². The highest BCUT2D eigenvalue weighted by Gasteiger charge is 2.27. The maximum Gasteiger partial charge on any atom is 0.339 e. The predicted molar refractivity (Wildman–Crippen MR) is 111 cm³/mol. The van der Waals surface area contributed by atoms with Gasteiger partial charge in [-0.15, -0.1) is 0 Å². The lowest BCUT2D eigenvalue weighted by atomic mass is 9.89. The Morgan fingerprint density at radius 3 is 2.14 bits per heavy atom. The summed E-state index contributed by atoms with van der Waals surface area (Å²) in [5.41, 5.74) is 1.34. The van der Waals surface area contributed by atoms with Crippen LogP contribution in [0.2, 0.25) is 0 Å². The molecule has 29 heavy (non-hydrogen) atoms. The molecule has 7 nitrogen and oxygen atoms in total. The van der Waals surface area contributed by atoms with Crippen LogP contribution in [0.4, 0.5) is 0 Å². The number of fused-ring (bicyclic) bond motifs is 1. The van der Waals surface area contributed by atoms with Gasteiger partial charge in [-0.25, -0.2) is 14.6 Å². The number of halogens is 1. The zero-order valence-corrected chi connectivity index (χ0v) is 17.8. The van der Waals surface area contributed by atoms with Gasteiger partial charge in [0.25, 0.3) is 0 Å². The number of esters is 2. The minimum atomic E-state index is -0.662. The molecule has 0 saturated heterocycles. The summed E-state index contributed by atoms with van der Waals surface area (Å²) in [5.74, 6) is -0.346. The monoisotopic (exact) mass is 459 g/mol. The second-order valence-electron chi connectivity index (χ2n) is 5.95. The Kier molecular flexibility index (Phi) is 6.03. The van der Waals surface area contributed by atoms with Gasteiger partial charge in [-0.1, -0.05) is 0 Å². The lowest BCUT2D eigenvalue weighted by Crippen LogP contribution is -2.14. The maximum absolute atomic E-state index is 12.7. The quantitative estimate of drug-likeness (QED) is 0.416. The number of carbonyl (C=O) groups excluding carboxylic acids is 2. The van der Waals surface area contributed by atoms with Crippen LogP contribution >= 0.6 is 15.9 Å². The standard InChI is InChI=1S/C21H18BrNO6/c1-26-15-8-12-7-14(20(24)28-3)19(21(25)29-4)18(13(12)10-16(15)27-2)11-5-6-23-17(22)9-11/h5-10H,1-4H3. The van der Waals surface area contributed by atoms with E-state index in [1.807, 2.05) is 0 Å². The number of aromatic nitrogens is 1. The van der Waals surface area contributed by atoms with E-state index in [4.69, 9.17) is 18.9 Å². The van der Waals surface area contributed by atoms with Crippen molar-refractivity contribution in [3.05, 3.63) is 52.3 Å². The van der Waals surface area contributed by atoms with Crippen molar-refractivity contribution in [2.24, 2.45) is 0 Å². The molecule has 0 bridgehead atoms. The molecule has 0 fully saturated rings. The molecule has 1 heterocycles. The van der Waals surface area contributed by atoms with Crippen molar-refractivity contribution >= 4 is 38.6 Å². The molecule has 0 N–H and O–H groups in total. The van der Waals surface area contributed by atoms with E-state index in [1.54, 1.807) is 36.5 Å². The lowest BCUT2D eigenvalue weighted by Gasteiger charge is -2.18. The van der Waals surface area contributed by atoms with Gasteiger partial charge >= 0.3 is 11.9 Å². The smallest absolute Gasteiger partial charge is 0.339 e. The van der Waals surface area contributed by atoms with Gasteiger partial charge in [-0.2, -0.15) is 0 Å². The second-order valence-corrected chi connectivity index (χ2v) is 6.77. The normalized spacial score (nSPS) is 10.5. The molecule has 1 aromatic heterocycles. The molecule has 0 aliphatic carbocycles. The number of rotatable bonds is 5. The molecule has 0 spiro atoms. The Morgan fingerprint density at radius 1 is 0.897 bits per heavy atom. The molecule has 0 aliphatic heterocycles. The summed E-state index contributed by atoms with van der Waals surface area (Å²) in [6, 6.07) is 8.56. The van der Waals surface area contributed by atoms with E-state index >= 15 is 0 Å². The van der Waals surface area contributed by atoms with Crippen LogP contribution in [0.15, 0.2) is 41.1 Å². The molecule has 0 radical (unpaired) electrons. The average molecular weight is 460 g/mol. The third-order valence-corrected chi connectivity index (χ3v) is 4.89. The molecule has 0 amide bonds. The molecule has 8 heteroatoms. The first-order valence-corrected chi connectivity index (χ1v) is 9.25. The van der Waals surface area contributed by atoms with E-state index < -0.39 is 11.9 Å². The van der Waals surface area contributed by atoms with Gasteiger partial charge in [0.1, 0.15) is 4.60 Å². The van der Waals surface area contributed by atoms with E-state index in [2.05, 4.69) is 20.9 Å². The molecule has 150 valence electrons. The van der Waals surface area contributed by atoms with Crippen LogP contribution in [0.3, 0.4) is 0 Å². The lowest BCUT2D eigenvalue weighted by molar-refractivity contribution is 0.0556. The molecule has 0 aliphatic rings. The molecular weight excluding hydrogens is 442 g/mol. The second kappa shape index (κ2) is 8.48. The number of benzene rings is 2. The highest BCUT2D eigenvalue weighted by Crippen LogP contribution is 2.41. The van der Waals surface area contributed by atoms with E-state index in [0.29, 0.717) is 38.0 Å². The van der Waals surface area contributed by atoms with Gasteiger partial charge in [0.05, 0.1) is 39.6 Å². The summed E-state index contributed by atoms with van der Waals surface area (Å²) in [5, 5.41) is 1.34. The van der Waals surface area contributed by atoms with Gasteiger partial charge in [-0.3, -0.25) is 0 Å². The largest absolute Gasteiger partial charge is 0.493 e. The summed E-state index contributed by atoms with van der Waals surface area (Å²) in [4.78, 5) is 29.4. The third kappa shape index (κ3) is 3.75. The van der Waals surface area contributed by atoms with Crippen molar-refractivity contribution in [2.75, 3.05) is 28.4 Å². The number of carbonyl (C=O) groups is 2. The average Bonchev–Trinajstić information content (AvgIpc) is 2.75. The first-order chi connectivity index (χ1) is 13.9. The Balaban J connectivity index is 2.55. The Hall–Kier alpha value is -3.13. The first-order valence-electron chi connectivity index (χ1n) is 8.46. The highest BCUT2D eigenvalue weighted by atomic mass is 79.9. The molecule has 0 saturated carbocycles. The Bertz CT molecular complexity index is 1110. The van der Waals surface area contributed by atoms with Gasteiger partial charge in [0.15, 0.2) is 11.5 Å². The fourth-order valence-electron chi connectivity index (χ4n) is 3.17. The van der Waals surface area contributed by atoms with E-state index in [9.17, 15) is 9.59 Å². The van der Waals surface area contributed by atoms with Crippen LogP contribution in [-0.4, -0.2) is 45.4 Å². The summed E-state index contributed by atoms with van der Waals surface area (Å²) in [6.07, 6.45) is 1.60. The predicted octanol–water partition coefficient (Wildman–Crippen LogP) is 4.25. The van der Waals surface area contributed by atoms with Crippen LogP contribution < -0.4 is 9.47 Å². The minimum Gasteiger partial charge on any atom is -0.493 e. The fraction of sp³-hybridized carbons (Fsp3) is 0.190. The zero-order valence-electron chi connectivity index (χ0n) is 16.2. The van der Waals surface area contributed by atoms with Gasteiger partial charge in [0, 0.05) is 11.8 Å². The van der Waals surface area contributed by atoms with Crippen molar-refractivity contribution in [2.45, 2.75) is 0 Å². The van der Waals surface area contributed by atoms with Crippen molar-refractivity contribution in [1.29, 1.82) is 0 Å². The summed E-state index contributed by atoms with van der Waals surface area (Å²) in [6.45, 7) is 0. The maximum atomic E-state index is 12.7. The number of nitrogens with zero attached hydrogens (tertiary/aromatic N) is 1. The zero-order chi connectivity index (χ0) is 21.1. The topological polar surface area (TPSA) is 84.0 Å². The Labute approximate surface area is 175 Å². The summed E-state index contributed by atoms with van der Waals surface area (Å²) in [7, 11) is 5.56. The molecule has 3 rings (SSSR count). The fourth-order valence-corrected chi connectivity index (χ4v) is 3.54. The summed E-state index contributed by atoms with van der Waals surface area (Å²) >= 11 is 3.35. The number of methoxy groups -OCH3 is 4. The summed E-state index contributed by atoms with van der Waals surface area (Å²) < 4.78 is 21.3. The highest BCUT2D eigenvalue weighted by molar-refractivity contribution is 9.10. The number of pyridine rings is 1. The molecule has 0 atom stereocenters. The number of ether oxygens (including phenoxy) is 4. The van der Waals surface area contributed by atoms with E-state index in [-0.39, 0.29) is 11.1 Å². The molecular formula is C21H18BrNO6. The molecule has 0 unspecified atom stereocenters. The minimum absolute atomic E-state index is 0.0852. The molecule has 2 aromatic carbocycles. The van der Waals surface area contributed by atoms with Crippen LogP contribution in [0, 0.1) is 0 Å². The Morgan fingerprint density at radius 2 is 1.55 bits per heavy atom. The number of hydrogen-bond acceptors (Lipinski definition) is 7. The van der Waals surface area contributed by atoms with Gasteiger partial charge in [-0.05, 0) is 62.6 Å². The van der Waals surface area contributed by atoms with Crippen molar-refractivity contribution in [3.63, 3.8) is 0 Å². The van der Waals surface area contributed by atoms with Crippen LogP contribution in [0.5, 0.6) is 11.5 Å². The van der Waals surface area contributed by atoms with Crippen molar-refractivity contribution in [1.82, 2.24) is 4.98 Å². The first kappa shape index (κ1) is 20.6. The SMILES string of the molecule is COC(=O)c1cc2cc(OC)c(OC)cc2c(-c2ccnc(Br)c2)c1C(=O)OC. The van der Waals surface area contributed by atoms with Crippen LogP contribution in [0.25, 0.3) is 21.9 Å². The van der Waals surface area contributed by atoms with Gasteiger partial charge < -0.3 is 18.9 Å². The van der Waals surface area contributed by atoms with Crippen LogP contribution in [-0.2, 0) is 9.47 Å². The van der Waals surface area contributed by atoms with Crippen molar-refractivity contribution in [3.8, 4) is 22.6 Å². The van der Waals surface area contributed by atoms with Gasteiger partial charge in [0.2, 0.25) is 0 Å². The van der Waals surface area contributed by atoms with E-state index in [1.165, 1.54) is 28.4 Å². The number of hydrogen-bond donors (Lipinski definition) is 0. The van der Waals surface area contributed by atoms with Crippen molar-refractivity contribution < 1.29 is 28.5 Å². The molecule has 3 aromatic rings. The van der Waals surface area contributed by atoms with Crippen LogP contribution in [0.1, 0.15) is 20.7 Å². The third-order valence-electron chi connectivity index (χ3n) is 4.45.